The smallest absolute Gasteiger partial charge is 0.387 e. The molecule has 0 saturated carbocycles. The van der Waals surface area contributed by atoms with E-state index in [4.69, 9.17) is 4.74 Å². The lowest BCUT2D eigenvalue weighted by Gasteiger charge is -2.20. The van der Waals surface area contributed by atoms with Gasteiger partial charge in [0.1, 0.15) is 23.4 Å². The summed E-state index contributed by atoms with van der Waals surface area (Å²) in [4.78, 5) is 17.2. The summed E-state index contributed by atoms with van der Waals surface area (Å²) in [7, 11) is 3.37. The van der Waals surface area contributed by atoms with Crippen LogP contribution in [-0.2, 0) is 7.05 Å². The third kappa shape index (κ3) is 4.28. The zero-order chi connectivity index (χ0) is 20.1. The van der Waals surface area contributed by atoms with Crippen LogP contribution in [0.5, 0.6) is 11.5 Å². The molecule has 0 spiro atoms. The number of rotatable bonds is 7. The fourth-order valence-electron chi connectivity index (χ4n) is 2.81. The third-order valence-electron chi connectivity index (χ3n) is 4.19. The van der Waals surface area contributed by atoms with Gasteiger partial charge in [0.25, 0.3) is 5.91 Å². The monoisotopic (exact) mass is 387 g/mol. The lowest BCUT2D eigenvalue weighted by molar-refractivity contribution is -0.0501. The van der Waals surface area contributed by atoms with Crippen molar-refractivity contribution in [2.75, 3.05) is 7.11 Å². The number of aryl methyl sites for hydroxylation is 1. The van der Waals surface area contributed by atoms with Crippen LogP contribution in [0.15, 0.2) is 60.9 Å². The summed E-state index contributed by atoms with van der Waals surface area (Å²) in [5.74, 6) is 0.513. The summed E-state index contributed by atoms with van der Waals surface area (Å²) in [5, 5.41) is 2.86. The quantitative estimate of drug-likeness (QED) is 0.673. The molecule has 8 heteroatoms. The largest absolute Gasteiger partial charge is 0.497 e. The van der Waals surface area contributed by atoms with Gasteiger partial charge in [-0.05, 0) is 29.8 Å². The van der Waals surface area contributed by atoms with Crippen molar-refractivity contribution in [3.05, 3.63) is 77.9 Å². The molecule has 0 unspecified atom stereocenters. The van der Waals surface area contributed by atoms with Gasteiger partial charge in [0.05, 0.1) is 12.7 Å². The van der Waals surface area contributed by atoms with E-state index in [0.717, 1.165) is 5.56 Å². The van der Waals surface area contributed by atoms with E-state index >= 15 is 0 Å². The van der Waals surface area contributed by atoms with Gasteiger partial charge in [-0.1, -0.05) is 24.3 Å². The van der Waals surface area contributed by atoms with Crippen molar-refractivity contribution in [3.8, 4) is 11.5 Å². The van der Waals surface area contributed by atoms with Crippen LogP contribution in [0.2, 0.25) is 0 Å². The van der Waals surface area contributed by atoms with Crippen molar-refractivity contribution < 1.29 is 23.0 Å². The normalized spacial score (nSPS) is 11.9. The molecule has 1 atom stereocenters. The number of ether oxygens (including phenoxy) is 2. The third-order valence-corrected chi connectivity index (χ3v) is 4.19. The van der Waals surface area contributed by atoms with Crippen LogP contribution < -0.4 is 14.8 Å². The summed E-state index contributed by atoms with van der Waals surface area (Å²) in [5.41, 5.74) is 0.770. The fourth-order valence-corrected chi connectivity index (χ4v) is 2.81. The number of hydrogen-bond donors (Lipinski definition) is 1. The number of imidazole rings is 1. The molecule has 1 N–H and O–H groups in total. The van der Waals surface area contributed by atoms with Crippen molar-refractivity contribution in [3.63, 3.8) is 0 Å². The molecule has 6 nitrogen and oxygen atoms in total. The van der Waals surface area contributed by atoms with E-state index in [1.54, 1.807) is 61.5 Å². The average molecular weight is 387 g/mol. The predicted molar refractivity (Wildman–Crippen MR) is 98.6 cm³/mol. The summed E-state index contributed by atoms with van der Waals surface area (Å²) in [6, 6.07) is 12.4. The number of nitrogens with one attached hydrogen (secondary N) is 1. The molecule has 0 aliphatic rings. The zero-order valence-electron chi connectivity index (χ0n) is 15.3. The van der Waals surface area contributed by atoms with Crippen LogP contribution in [0.4, 0.5) is 8.78 Å². The van der Waals surface area contributed by atoms with Gasteiger partial charge in [-0.3, -0.25) is 4.79 Å². The maximum atomic E-state index is 12.9. The second-order valence-electron chi connectivity index (χ2n) is 5.95. The molecule has 1 amide bonds. The van der Waals surface area contributed by atoms with E-state index in [2.05, 4.69) is 15.0 Å². The molecule has 0 radical (unpaired) electrons. The highest BCUT2D eigenvalue weighted by molar-refractivity contribution is 5.97. The Morgan fingerprint density at radius 2 is 1.86 bits per heavy atom. The Kier molecular flexibility index (Phi) is 5.88. The molecule has 146 valence electrons. The van der Waals surface area contributed by atoms with E-state index in [1.165, 1.54) is 18.2 Å². The molecule has 1 heterocycles. The number of methoxy groups -OCH3 is 1. The highest BCUT2D eigenvalue weighted by Crippen LogP contribution is 2.25. The van der Waals surface area contributed by atoms with E-state index in [-0.39, 0.29) is 11.3 Å². The highest BCUT2D eigenvalue weighted by atomic mass is 19.3. The minimum absolute atomic E-state index is 0.00974. The number of benzene rings is 2. The summed E-state index contributed by atoms with van der Waals surface area (Å²) < 4.78 is 36.7. The summed E-state index contributed by atoms with van der Waals surface area (Å²) in [6.07, 6.45) is 3.37. The Labute approximate surface area is 160 Å². The van der Waals surface area contributed by atoms with E-state index in [9.17, 15) is 13.6 Å². The molecule has 0 bridgehead atoms. The number of hydrogen-bond acceptors (Lipinski definition) is 4. The first-order chi connectivity index (χ1) is 13.5. The summed E-state index contributed by atoms with van der Waals surface area (Å²) >= 11 is 0. The fraction of sp³-hybridized carbons (Fsp3) is 0.200. The van der Waals surface area contributed by atoms with E-state index in [0.29, 0.717) is 11.6 Å². The first kappa shape index (κ1) is 19.3. The maximum Gasteiger partial charge on any atom is 0.387 e. The van der Waals surface area contributed by atoms with Gasteiger partial charge in [-0.25, -0.2) is 4.98 Å². The molecule has 0 saturated heterocycles. The van der Waals surface area contributed by atoms with Gasteiger partial charge in [0.2, 0.25) is 0 Å². The molecule has 1 aromatic heterocycles. The van der Waals surface area contributed by atoms with Crippen molar-refractivity contribution >= 4 is 5.91 Å². The Bertz CT molecular complexity index is 942. The SMILES string of the molecule is COc1ccc([C@@H](NC(=O)c2ccccc2OC(F)F)c2nccn2C)cc1. The molecule has 3 rings (SSSR count). The number of amides is 1. The topological polar surface area (TPSA) is 65.4 Å². The van der Waals surface area contributed by atoms with Crippen LogP contribution >= 0.6 is 0 Å². The van der Waals surface area contributed by atoms with Gasteiger partial charge in [0.15, 0.2) is 0 Å². The van der Waals surface area contributed by atoms with Gasteiger partial charge in [0, 0.05) is 19.4 Å². The number of para-hydroxylation sites is 1. The van der Waals surface area contributed by atoms with Crippen molar-refractivity contribution in [1.82, 2.24) is 14.9 Å². The van der Waals surface area contributed by atoms with Crippen molar-refractivity contribution in [2.45, 2.75) is 12.7 Å². The number of halogens is 2. The Morgan fingerprint density at radius 3 is 2.46 bits per heavy atom. The number of alkyl halides is 2. The molecule has 3 aromatic rings. The molecular weight excluding hydrogens is 368 g/mol. The molecular formula is C20H19F2N3O3. The predicted octanol–water partition coefficient (Wildman–Crippen LogP) is 3.55. The minimum atomic E-state index is -3.03. The average Bonchev–Trinajstić information content (AvgIpc) is 3.11. The van der Waals surface area contributed by atoms with Gasteiger partial charge >= 0.3 is 6.61 Å². The number of nitrogens with zero attached hydrogens (tertiary/aromatic N) is 2. The second-order valence-corrected chi connectivity index (χ2v) is 5.95. The van der Waals surface area contributed by atoms with Crippen LogP contribution in [0, 0.1) is 0 Å². The lowest BCUT2D eigenvalue weighted by atomic mass is 10.0. The second kappa shape index (κ2) is 8.51. The molecule has 0 aliphatic carbocycles. The summed E-state index contributed by atoms with van der Waals surface area (Å²) in [6.45, 7) is -3.03. The number of carbonyl (C=O) groups is 1. The zero-order valence-corrected chi connectivity index (χ0v) is 15.3. The van der Waals surface area contributed by atoms with Crippen molar-refractivity contribution in [2.24, 2.45) is 7.05 Å². The molecule has 0 fully saturated rings. The first-order valence-electron chi connectivity index (χ1n) is 8.45. The highest BCUT2D eigenvalue weighted by Gasteiger charge is 2.23. The van der Waals surface area contributed by atoms with Crippen LogP contribution in [0.1, 0.15) is 27.8 Å². The van der Waals surface area contributed by atoms with E-state index < -0.39 is 18.6 Å². The Balaban J connectivity index is 1.94. The Hall–Kier alpha value is -3.42. The standard InChI is InChI=1S/C20H19F2N3O3/c1-25-12-11-23-18(25)17(13-7-9-14(27-2)10-8-13)24-19(26)15-5-3-4-6-16(15)28-20(21)22/h3-12,17,20H,1-2H3,(H,24,26)/t17-/m1/s1. The van der Waals surface area contributed by atoms with Crippen molar-refractivity contribution in [1.29, 1.82) is 0 Å². The van der Waals surface area contributed by atoms with E-state index in [1.807, 2.05) is 0 Å². The number of carbonyl (C=O) groups excluding carboxylic acids is 1. The Morgan fingerprint density at radius 1 is 1.14 bits per heavy atom. The van der Waals surface area contributed by atoms with Gasteiger partial charge in [-0.15, -0.1) is 0 Å². The first-order valence-corrected chi connectivity index (χ1v) is 8.45. The number of aromatic nitrogens is 2. The maximum absolute atomic E-state index is 12.9. The molecule has 0 aliphatic heterocycles. The minimum Gasteiger partial charge on any atom is -0.497 e. The van der Waals surface area contributed by atoms with Crippen LogP contribution in [0.25, 0.3) is 0 Å². The van der Waals surface area contributed by atoms with Gasteiger partial charge < -0.3 is 19.4 Å². The lowest BCUT2D eigenvalue weighted by Crippen LogP contribution is -2.31. The van der Waals surface area contributed by atoms with Crippen LogP contribution in [0.3, 0.4) is 0 Å². The molecule has 28 heavy (non-hydrogen) atoms. The van der Waals surface area contributed by atoms with Gasteiger partial charge in [-0.2, -0.15) is 8.78 Å². The molecule has 2 aromatic carbocycles. The van der Waals surface area contributed by atoms with Crippen LogP contribution in [-0.4, -0.2) is 29.2 Å².